The highest BCUT2D eigenvalue weighted by atomic mass is 19.4. The van der Waals surface area contributed by atoms with Gasteiger partial charge in [-0.3, -0.25) is 4.79 Å². The second-order valence-corrected chi connectivity index (χ2v) is 4.61. The fraction of sp³-hybridized carbons (Fsp3) is 0.188. The summed E-state index contributed by atoms with van der Waals surface area (Å²) < 4.78 is 39.0. The lowest BCUT2D eigenvalue weighted by Gasteiger charge is -2.17. The number of carbonyl (C=O) groups excluding carboxylic acids is 1. The van der Waals surface area contributed by atoms with Crippen LogP contribution in [0.2, 0.25) is 0 Å². The molecule has 0 radical (unpaired) electrons. The lowest BCUT2D eigenvalue weighted by atomic mass is 9.88. The Morgan fingerprint density at radius 1 is 1.00 bits per heavy atom. The number of rotatable bonds is 4. The summed E-state index contributed by atoms with van der Waals surface area (Å²) >= 11 is 0. The molecule has 21 heavy (non-hydrogen) atoms. The number of benzene rings is 2. The summed E-state index contributed by atoms with van der Waals surface area (Å²) in [6.07, 6.45) is -4.57. The van der Waals surface area contributed by atoms with Crippen molar-refractivity contribution in [3.63, 3.8) is 0 Å². The van der Waals surface area contributed by atoms with Gasteiger partial charge in [0.05, 0.1) is 11.5 Å². The molecule has 0 aliphatic carbocycles. The first-order valence-corrected chi connectivity index (χ1v) is 6.40. The average Bonchev–Trinajstić information content (AvgIpc) is 2.48. The monoisotopic (exact) mass is 293 g/mol. The summed E-state index contributed by atoms with van der Waals surface area (Å²) in [7, 11) is 0. The Morgan fingerprint density at radius 3 is 2.14 bits per heavy atom. The van der Waals surface area contributed by atoms with Gasteiger partial charge in [-0.25, -0.2) is 0 Å². The van der Waals surface area contributed by atoms with Crippen LogP contribution in [0.25, 0.3) is 0 Å². The third kappa shape index (κ3) is 3.31. The molecule has 110 valence electrons. The number of carbonyl (C=O) groups is 1. The van der Waals surface area contributed by atoms with E-state index in [1.165, 1.54) is 18.2 Å². The molecule has 0 aliphatic rings. The second kappa shape index (κ2) is 6.10. The van der Waals surface area contributed by atoms with Crippen LogP contribution in [0.5, 0.6) is 0 Å². The Hall–Kier alpha value is -2.14. The van der Waals surface area contributed by atoms with E-state index < -0.39 is 23.4 Å². The fourth-order valence-corrected chi connectivity index (χ4v) is 2.21. The number of ketones is 1. The first kappa shape index (κ1) is 15.3. The maximum Gasteiger partial charge on any atom is 0.417 e. The van der Waals surface area contributed by atoms with Gasteiger partial charge < -0.3 is 5.73 Å². The molecule has 2 aromatic carbocycles. The first-order valence-electron chi connectivity index (χ1n) is 6.40. The Kier molecular flexibility index (Phi) is 4.43. The maximum atomic E-state index is 13.0. The van der Waals surface area contributed by atoms with E-state index in [0.29, 0.717) is 5.56 Å². The highest BCUT2D eigenvalue weighted by molar-refractivity contribution is 6.02. The van der Waals surface area contributed by atoms with Crippen LogP contribution in [-0.4, -0.2) is 12.3 Å². The van der Waals surface area contributed by atoms with Crippen LogP contribution in [0.15, 0.2) is 54.6 Å². The molecule has 0 aromatic heterocycles. The number of hydrogen-bond donors (Lipinski definition) is 1. The third-order valence-electron chi connectivity index (χ3n) is 3.25. The smallest absolute Gasteiger partial charge is 0.329 e. The number of alkyl halides is 3. The summed E-state index contributed by atoms with van der Waals surface area (Å²) in [5.74, 6) is -1.40. The predicted octanol–water partition coefficient (Wildman–Crippen LogP) is 3.63. The topological polar surface area (TPSA) is 43.1 Å². The standard InChI is InChI=1S/C16H14F3NO/c17-16(18,19)14-9-5-4-8-12(14)15(21)13(10-20)11-6-2-1-3-7-11/h1-9,13H,10,20H2. The van der Waals surface area contributed by atoms with Crippen LogP contribution < -0.4 is 5.73 Å². The molecule has 2 aromatic rings. The molecule has 5 heteroatoms. The molecule has 0 saturated heterocycles. The molecule has 1 unspecified atom stereocenters. The van der Waals surface area contributed by atoms with Crippen LogP contribution in [0, 0.1) is 0 Å². The van der Waals surface area contributed by atoms with Gasteiger partial charge in [-0.15, -0.1) is 0 Å². The van der Waals surface area contributed by atoms with Crippen molar-refractivity contribution in [3.05, 3.63) is 71.3 Å². The molecule has 0 saturated carbocycles. The lowest BCUT2D eigenvalue weighted by molar-refractivity contribution is -0.137. The summed E-state index contributed by atoms with van der Waals surface area (Å²) in [6.45, 7) is -0.0466. The van der Waals surface area contributed by atoms with Gasteiger partial charge in [-0.2, -0.15) is 13.2 Å². The van der Waals surface area contributed by atoms with Crippen LogP contribution in [-0.2, 0) is 6.18 Å². The quantitative estimate of drug-likeness (QED) is 0.875. The fourth-order valence-electron chi connectivity index (χ4n) is 2.21. The summed E-state index contributed by atoms with van der Waals surface area (Å²) in [6, 6.07) is 13.4. The molecular formula is C16H14F3NO. The number of halogens is 3. The van der Waals surface area contributed by atoms with E-state index in [9.17, 15) is 18.0 Å². The predicted molar refractivity (Wildman–Crippen MR) is 74.0 cm³/mol. The Morgan fingerprint density at radius 2 is 1.57 bits per heavy atom. The van der Waals surface area contributed by atoms with E-state index >= 15 is 0 Å². The molecule has 0 aliphatic heterocycles. The van der Waals surface area contributed by atoms with Crippen LogP contribution in [0.3, 0.4) is 0 Å². The van der Waals surface area contributed by atoms with Gasteiger partial charge >= 0.3 is 6.18 Å². The molecular weight excluding hydrogens is 279 g/mol. The minimum absolute atomic E-state index is 0.0466. The number of hydrogen-bond acceptors (Lipinski definition) is 2. The first-order chi connectivity index (χ1) is 9.95. The highest BCUT2D eigenvalue weighted by Crippen LogP contribution is 2.34. The van der Waals surface area contributed by atoms with Crippen molar-refractivity contribution in [2.24, 2.45) is 5.73 Å². The van der Waals surface area contributed by atoms with E-state index in [-0.39, 0.29) is 12.1 Å². The van der Waals surface area contributed by atoms with E-state index in [0.717, 1.165) is 6.07 Å². The zero-order valence-electron chi connectivity index (χ0n) is 11.1. The third-order valence-corrected chi connectivity index (χ3v) is 3.25. The van der Waals surface area contributed by atoms with Gasteiger partial charge in [0, 0.05) is 12.1 Å². The zero-order valence-corrected chi connectivity index (χ0v) is 11.1. The molecule has 0 spiro atoms. The largest absolute Gasteiger partial charge is 0.417 e. The Bertz CT molecular complexity index is 623. The molecule has 2 nitrogen and oxygen atoms in total. The minimum Gasteiger partial charge on any atom is -0.329 e. The van der Waals surface area contributed by atoms with Gasteiger partial charge in [0.1, 0.15) is 0 Å². The second-order valence-electron chi connectivity index (χ2n) is 4.61. The Balaban J connectivity index is 2.44. The number of nitrogens with two attached hydrogens (primary N) is 1. The zero-order chi connectivity index (χ0) is 15.5. The number of Topliss-reactive ketones (excluding diaryl/α,β-unsaturated/α-hetero) is 1. The van der Waals surface area contributed by atoms with Gasteiger partial charge in [0.25, 0.3) is 0 Å². The van der Waals surface area contributed by atoms with E-state index in [2.05, 4.69) is 0 Å². The normalized spacial score (nSPS) is 13.0. The van der Waals surface area contributed by atoms with Gasteiger partial charge in [0.2, 0.25) is 0 Å². The molecule has 0 amide bonds. The maximum absolute atomic E-state index is 13.0. The van der Waals surface area contributed by atoms with Crippen molar-refractivity contribution in [1.82, 2.24) is 0 Å². The summed E-state index contributed by atoms with van der Waals surface area (Å²) in [5, 5.41) is 0. The molecule has 2 rings (SSSR count). The average molecular weight is 293 g/mol. The van der Waals surface area contributed by atoms with E-state index in [4.69, 9.17) is 5.73 Å². The van der Waals surface area contributed by atoms with E-state index in [1.54, 1.807) is 30.3 Å². The lowest BCUT2D eigenvalue weighted by Crippen LogP contribution is -2.24. The van der Waals surface area contributed by atoms with Crippen LogP contribution in [0.4, 0.5) is 13.2 Å². The summed E-state index contributed by atoms with van der Waals surface area (Å²) in [5.41, 5.74) is 4.94. The molecule has 0 fully saturated rings. The Labute approximate surface area is 120 Å². The molecule has 0 heterocycles. The molecule has 0 bridgehead atoms. The van der Waals surface area contributed by atoms with Gasteiger partial charge in [-0.05, 0) is 11.6 Å². The van der Waals surface area contributed by atoms with Crippen molar-refractivity contribution in [1.29, 1.82) is 0 Å². The minimum atomic E-state index is -4.57. The summed E-state index contributed by atoms with van der Waals surface area (Å²) in [4.78, 5) is 12.5. The van der Waals surface area contributed by atoms with Crippen molar-refractivity contribution < 1.29 is 18.0 Å². The van der Waals surface area contributed by atoms with Crippen molar-refractivity contribution in [3.8, 4) is 0 Å². The SMILES string of the molecule is NCC(C(=O)c1ccccc1C(F)(F)F)c1ccccc1. The van der Waals surface area contributed by atoms with Crippen molar-refractivity contribution in [2.75, 3.05) is 6.54 Å². The van der Waals surface area contributed by atoms with Crippen molar-refractivity contribution in [2.45, 2.75) is 12.1 Å². The van der Waals surface area contributed by atoms with Crippen LogP contribution in [0.1, 0.15) is 27.4 Å². The van der Waals surface area contributed by atoms with E-state index in [1.807, 2.05) is 0 Å². The van der Waals surface area contributed by atoms with Crippen LogP contribution >= 0.6 is 0 Å². The van der Waals surface area contributed by atoms with Gasteiger partial charge in [-0.1, -0.05) is 48.5 Å². The van der Waals surface area contributed by atoms with Crippen molar-refractivity contribution >= 4 is 5.78 Å². The highest BCUT2D eigenvalue weighted by Gasteiger charge is 2.36. The molecule has 2 N–H and O–H groups in total. The van der Waals surface area contributed by atoms with Gasteiger partial charge in [0.15, 0.2) is 5.78 Å². The molecule has 1 atom stereocenters.